The highest BCUT2D eigenvalue weighted by Crippen LogP contribution is 2.26. The maximum absolute atomic E-state index is 13.1. The molecule has 6 heteroatoms. The van der Waals surface area contributed by atoms with E-state index in [0.717, 1.165) is 23.1 Å². The van der Waals surface area contributed by atoms with Crippen molar-refractivity contribution >= 4 is 23.4 Å². The number of rotatable bonds is 10. The van der Waals surface area contributed by atoms with Crippen molar-refractivity contribution in [3.05, 3.63) is 64.2 Å². The van der Waals surface area contributed by atoms with Crippen molar-refractivity contribution in [2.24, 2.45) is 0 Å². The summed E-state index contributed by atoms with van der Waals surface area (Å²) < 4.78 is 5.77. The molecule has 2 atom stereocenters. The van der Waals surface area contributed by atoms with Crippen LogP contribution in [-0.2, 0) is 16.0 Å². The quantitative estimate of drug-likeness (QED) is 0.577. The van der Waals surface area contributed by atoms with Crippen LogP contribution in [0.3, 0.4) is 0 Å². The summed E-state index contributed by atoms with van der Waals surface area (Å²) in [7, 11) is 0. The Balaban J connectivity index is 2.11. The fourth-order valence-corrected chi connectivity index (χ4v) is 3.36. The molecule has 31 heavy (non-hydrogen) atoms. The highest BCUT2D eigenvalue weighted by molar-refractivity contribution is 6.32. The van der Waals surface area contributed by atoms with Gasteiger partial charge in [-0.25, -0.2) is 0 Å². The van der Waals surface area contributed by atoms with Gasteiger partial charge < -0.3 is 15.0 Å². The summed E-state index contributed by atoms with van der Waals surface area (Å²) in [6.07, 6.45) is 1.49. The van der Waals surface area contributed by atoms with Crippen LogP contribution in [0.4, 0.5) is 0 Å². The van der Waals surface area contributed by atoms with E-state index in [-0.39, 0.29) is 24.5 Å². The first kappa shape index (κ1) is 24.7. The number of hydrogen-bond acceptors (Lipinski definition) is 3. The molecule has 2 rings (SSSR count). The lowest BCUT2D eigenvalue weighted by Gasteiger charge is -2.29. The van der Waals surface area contributed by atoms with Gasteiger partial charge in [-0.15, -0.1) is 0 Å². The Hall–Kier alpha value is -2.53. The topological polar surface area (TPSA) is 58.6 Å². The van der Waals surface area contributed by atoms with Crippen molar-refractivity contribution in [1.29, 1.82) is 0 Å². The minimum Gasteiger partial charge on any atom is -0.484 e. The Morgan fingerprint density at radius 2 is 1.71 bits per heavy atom. The second-order valence-corrected chi connectivity index (χ2v) is 8.35. The first-order valence-electron chi connectivity index (χ1n) is 10.8. The highest BCUT2D eigenvalue weighted by Gasteiger charge is 2.26. The number of benzene rings is 2. The minimum atomic E-state index is -0.595. The van der Waals surface area contributed by atoms with Crippen LogP contribution in [0.5, 0.6) is 5.75 Å². The molecule has 0 saturated heterocycles. The van der Waals surface area contributed by atoms with Gasteiger partial charge in [-0.05, 0) is 69.4 Å². The molecule has 0 saturated carbocycles. The van der Waals surface area contributed by atoms with E-state index in [1.807, 2.05) is 70.2 Å². The molecule has 2 aromatic carbocycles. The van der Waals surface area contributed by atoms with Crippen molar-refractivity contribution in [2.45, 2.75) is 59.5 Å². The lowest BCUT2D eigenvalue weighted by Crippen LogP contribution is -2.51. The van der Waals surface area contributed by atoms with Crippen molar-refractivity contribution in [2.75, 3.05) is 13.2 Å². The summed E-state index contributed by atoms with van der Waals surface area (Å²) in [4.78, 5) is 27.4. The van der Waals surface area contributed by atoms with Gasteiger partial charge in [-0.3, -0.25) is 9.59 Å². The largest absolute Gasteiger partial charge is 0.484 e. The predicted molar refractivity (Wildman–Crippen MR) is 126 cm³/mol. The van der Waals surface area contributed by atoms with Gasteiger partial charge in [-0.1, -0.05) is 48.9 Å². The lowest BCUT2D eigenvalue weighted by atomic mass is 10.1. The van der Waals surface area contributed by atoms with E-state index in [2.05, 4.69) is 5.32 Å². The Morgan fingerprint density at radius 1 is 1.10 bits per heavy atom. The molecule has 0 unspecified atom stereocenters. The number of carbonyl (C=O) groups is 2. The monoisotopic (exact) mass is 444 g/mol. The van der Waals surface area contributed by atoms with Crippen molar-refractivity contribution in [1.82, 2.24) is 10.2 Å². The summed E-state index contributed by atoms with van der Waals surface area (Å²) in [5.41, 5.74) is 2.90. The summed E-state index contributed by atoms with van der Waals surface area (Å²) in [5, 5.41) is 3.66. The summed E-state index contributed by atoms with van der Waals surface area (Å²) >= 11 is 6.22. The zero-order valence-corrected chi connectivity index (χ0v) is 19.8. The molecular weight excluding hydrogens is 412 g/mol. The zero-order valence-electron chi connectivity index (χ0n) is 19.1. The van der Waals surface area contributed by atoms with Gasteiger partial charge in [0.2, 0.25) is 5.91 Å². The molecule has 0 aliphatic carbocycles. The first-order chi connectivity index (χ1) is 14.7. The van der Waals surface area contributed by atoms with Crippen LogP contribution in [0.25, 0.3) is 0 Å². The van der Waals surface area contributed by atoms with E-state index in [0.29, 0.717) is 23.7 Å². The molecule has 0 heterocycles. The molecule has 0 aromatic heterocycles. The number of nitrogens with zero attached hydrogens (tertiary/aromatic N) is 1. The molecule has 0 aliphatic heterocycles. The average Bonchev–Trinajstić information content (AvgIpc) is 2.76. The van der Waals surface area contributed by atoms with Gasteiger partial charge in [-0.2, -0.15) is 0 Å². The van der Waals surface area contributed by atoms with Gasteiger partial charge in [0.1, 0.15) is 11.8 Å². The number of halogens is 1. The fraction of sp³-hybridized carbons (Fsp3) is 0.440. The molecule has 2 amide bonds. The number of amides is 2. The first-order valence-corrected chi connectivity index (χ1v) is 11.1. The van der Waals surface area contributed by atoms with Crippen LogP contribution < -0.4 is 10.1 Å². The van der Waals surface area contributed by atoms with Crippen molar-refractivity contribution < 1.29 is 14.3 Å². The summed E-state index contributed by atoms with van der Waals surface area (Å²) in [5.74, 6) is 0.203. The third kappa shape index (κ3) is 7.28. The molecule has 0 fully saturated rings. The van der Waals surface area contributed by atoms with E-state index < -0.39 is 6.04 Å². The molecule has 5 nitrogen and oxygen atoms in total. The third-order valence-electron chi connectivity index (χ3n) is 5.42. The highest BCUT2D eigenvalue weighted by atomic mass is 35.5. The van der Waals surface area contributed by atoms with E-state index in [9.17, 15) is 9.59 Å². The van der Waals surface area contributed by atoms with Crippen LogP contribution in [0.1, 0.15) is 43.9 Å². The normalized spacial score (nSPS) is 12.7. The van der Waals surface area contributed by atoms with Gasteiger partial charge in [0.25, 0.3) is 5.91 Å². The lowest BCUT2D eigenvalue weighted by molar-refractivity contribution is -0.141. The van der Waals surface area contributed by atoms with E-state index in [1.54, 1.807) is 11.8 Å². The zero-order chi connectivity index (χ0) is 23.0. The Morgan fingerprint density at radius 3 is 2.29 bits per heavy atom. The molecule has 168 valence electrons. The van der Waals surface area contributed by atoms with Gasteiger partial charge in [0.15, 0.2) is 6.61 Å². The number of hydrogen-bond donors (Lipinski definition) is 1. The molecule has 0 bridgehead atoms. The summed E-state index contributed by atoms with van der Waals surface area (Å²) in [6.45, 7) is 9.81. The van der Waals surface area contributed by atoms with Crippen LogP contribution in [0.2, 0.25) is 5.02 Å². The number of aryl methyl sites for hydroxylation is 2. The predicted octanol–water partition coefficient (Wildman–Crippen LogP) is 4.71. The number of nitrogens with one attached hydrogen (secondary N) is 1. The number of carbonyl (C=O) groups excluding carboxylic acids is 2. The van der Waals surface area contributed by atoms with Gasteiger partial charge in [0.05, 0.1) is 0 Å². The second-order valence-electron chi connectivity index (χ2n) is 7.98. The molecule has 1 N–H and O–H groups in total. The summed E-state index contributed by atoms with van der Waals surface area (Å²) in [6, 6.07) is 13.0. The smallest absolute Gasteiger partial charge is 0.261 e. The maximum atomic E-state index is 13.1. The van der Waals surface area contributed by atoms with E-state index >= 15 is 0 Å². The fourth-order valence-electron chi connectivity index (χ4n) is 3.25. The van der Waals surface area contributed by atoms with Crippen LogP contribution in [0.15, 0.2) is 42.5 Å². The van der Waals surface area contributed by atoms with Crippen LogP contribution in [-0.4, -0.2) is 41.9 Å². The SMILES string of the molecule is CC[C@@H](C)NC(=O)[C@@H](C)N(CCc1ccccc1)C(=O)COc1cc(C)c(Cl)c(C)c1. The Kier molecular flexibility index (Phi) is 9.38. The molecule has 0 aliphatic rings. The van der Waals surface area contributed by atoms with E-state index in [1.165, 1.54) is 0 Å². The standard InChI is InChI=1S/C25H33ClN2O3/c1-6-19(4)27-25(30)20(5)28(13-12-21-10-8-7-9-11-21)23(29)16-31-22-14-17(2)24(26)18(3)15-22/h7-11,14-15,19-20H,6,12-13,16H2,1-5H3,(H,27,30)/t19-,20-/m1/s1. The van der Waals surface area contributed by atoms with Crippen LogP contribution >= 0.6 is 11.6 Å². The van der Waals surface area contributed by atoms with Gasteiger partial charge >= 0.3 is 0 Å². The average molecular weight is 445 g/mol. The van der Waals surface area contributed by atoms with Crippen molar-refractivity contribution in [3.8, 4) is 5.75 Å². The van der Waals surface area contributed by atoms with E-state index in [4.69, 9.17) is 16.3 Å². The van der Waals surface area contributed by atoms with Crippen molar-refractivity contribution in [3.63, 3.8) is 0 Å². The third-order valence-corrected chi connectivity index (χ3v) is 6.02. The second kappa shape index (κ2) is 11.8. The molecule has 2 aromatic rings. The molecule has 0 spiro atoms. The maximum Gasteiger partial charge on any atom is 0.261 e. The number of ether oxygens (including phenoxy) is 1. The molecular formula is C25H33ClN2O3. The Labute approximate surface area is 190 Å². The Bertz CT molecular complexity index is 863. The molecule has 0 radical (unpaired) electrons. The van der Waals surface area contributed by atoms with Crippen LogP contribution in [0, 0.1) is 13.8 Å². The van der Waals surface area contributed by atoms with Gasteiger partial charge in [0, 0.05) is 17.6 Å². The minimum absolute atomic E-state index is 0.0530.